The quantitative estimate of drug-likeness (QED) is 0.644. The van der Waals surface area contributed by atoms with E-state index in [0.29, 0.717) is 0 Å². The monoisotopic (exact) mass is 204 g/mol. The molecule has 0 unspecified atom stereocenters. The summed E-state index contributed by atoms with van der Waals surface area (Å²) < 4.78 is 0. The van der Waals surface area contributed by atoms with Crippen molar-refractivity contribution in [2.75, 3.05) is 0 Å². The predicted octanol–water partition coefficient (Wildman–Crippen LogP) is 3.79. The van der Waals surface area contributed by atoms with Crippen molar-refractivity contribution < 1.29 is 4.79 Å². The van der Waals surface area contributed by atoms with Gasteiger partial charge in [-0.2, -0.15) is 0 Å². The summed E-state index contributed by atoms with van der Waals surface area (Å²) in [5, 5.41) is 0. The second kappa shape index (κ2) is 6.39. The first kappa shape index (κ1) is 12.0. The van der Waals surface area contributed by atoms with E-state index in [1.54, 1.807) is 0 Å². The van der Waals surface area contributed by atoms with Crippen LogP contribution in [0.3, 0.4) is 0 Å². The Hall–Kier alpha value is -1.11. The molecule has 0 amide bonds. The van der Waals surface area contributed by atoms with E-state index in [2.05, 4.69) is 19.9 Å². The molecule has 0 fully saturated rings. The molecule has 0 saturated carbocycles. The molecule has 0 radical (unpaired) electrons. The summed E-state index contributed by atoms with van der Waals surface area (Å²) in [7, 11) is 0. The van der Waals surface area contributed by atoms with Crippen LogP contribution in [0.5, 0.6) is 0 Å². The van der Waals surface area contributed by atoms with Gasteiger partial charge < -0.3 is 0 Å². The molecule has 0 bridgehead atoms. The highest BCUT2D eigenvalue weighted by Crippen LogP contribution is 2.18. The van der Waals surface area contributed by atoms with Gasteiger partial charge >= 0.3 is 0 Å². The first-order valence-electron chi connectivity index (χ1n) is 5.89. The smallest absolute Gasteiger partial charge is 0.150 e. The number of hydrogen-bond donors (Lipinski definition) is 0. The third-order valence-electron chi connectivity index (χ3n) is 2.74. The van der Waals surface area contributed by atoms with E-state index < -0.39 is 0 Å². The van der Waals surface area contributed by atoms with Crippen molar-refractivity contribution in [1.82, 2.24) is 0 Å². The Balaban J connectivity index is 2.97. The zero-order valence-corrected chi connectivity index (χ0v) is 9.75. The lowest BCUT2D eigenvalue weighted by molar-refractivity contribution is 0.112. The molecule has 1 aromatic rings. The summed E-state index contributed by atoms with van der Waals surface area (Å²) in [4.78, 5) is 10.9. The lowest BCUT2D eigenvalue weighted by Crippen LogP contribution is -1.99. The van der Waals surface area contributed by atoms with Crippen molar-refractivity contribution in [1.29, 1.82) is 0 Å². The van der Waals surface area contributed by atoms with E-state index in [1.807, 2.05) is 12.1 Å². The summed E-state index contributed by atoms with van der Waals surface area (Å²) in [5.41, 5.74) is 3.51. The molecule has 1 rings (SSSR count). The molecule has 0 spiro atoms. The molecule has 1 aromatic carbocycles. The minimum atomic E-state index is 0.884. The molecule has 0 aliphatic rings. The summed E-state index contributed by atoms with van der Waals surface area (Å²) >= 11 is 0. The van der Waals surface area contributed by atoms with Crippen LogP contribution in [0.4, 0.5) is 0 Å². The van der Waals surface area contributed by atoms with Crippen LogP contribution < -0.4 is 0 Å². The fourth-order valence-corrected chi connectivity index (χ4v) is 1.93. The molecule has 82 valence electrons. The minimum absolute atomic E-state index is 0.884. The lowest BCUT2D eigenvalue weighted by atomic mass is 9.94. The lowest BCUT2D eigenvalue weighted by Gasteiger charge is -2.10. The molecule has 15 heavy (non-hydrogen) atoms. The minimum Gasteiger partial charge on any atom is -0.298 e. The largest absolute Gasteiger partial charge is 0.298 e. The molecule has 0 heterocycles. The second-order valence-corrected chi connectivity index (χ2v) is 3.96. The van der Waals surface area contributed by atoms with Crippen molar-refractivity contribution in [2.45, 2.75) is 46.0 Å². The molecular formula is C14H20O. The zero-order valence-electron chi connectivity index (χ0n) is 9.75. The first-order chi connectivity index (χ1) is 7.33. The Morgan fingerprint density at radius 2 is 1.93 bits per heavy atom. The number of rotatable bonds is 6. The van der Waals surface area contributed by atoms with Crippen LogP contribution in [0.15, 0.2) is 18.2 Å². The highest BCUT2D eigenvalue weighted by molar-refractivity contribution is 5.78. The molecule has 0 aliphatic carbocycles. The van der Waals surface area contributed by atoms with Crippen LogP contribution in [0.1, 0.15) is 54.6 Å². The van der Waals surface area contributed by atoms with Crippen LogP contribution in [0, 0.1) is 0 Å². The average Bonchev–Trinajstić information content (AvgIpc) is 2.27. The number of unbranched alkanes of at least 4 members (excludes halogenated alkanes) is 1. The third kappa shape index (κ3) is 3.19. The number of aryl methyl sites for hydroxylation is 1. The van der Waals surface area contributed by atoms with Gasteiger partial charge in [0, 0.05) is 5.56 Å². The molecule has 1 nitrogen and oxygen atoms in total. The predicted molar refractivity (Wildman–Crippen MR) is 64.4 cm³/mol. The summed E-state index contributed by atoms with van der Waals surface area (Å²) in [6.07, 6.45) is 6.60. The first-order valence-corrected chi connectivity index (χ1v) is 5.89. The van der Waals surface area contributed by atoms with Gasteiger partial charge in [-0.1, -0.05) is 44.9 Å². The van der Waals surface area contributed by atoms with Crippen LogP contribution in [-0.2, 0) is 12.8 Å². The highest BCUT2D eigenvalue weighted by atomic mass is 16.1. The maximum Gasteiger partial charge on any atom is 0.150 e. The van der Waals surface area contributed by atoms with Gasteiger partial charge in [-0.15, -0.1) is 0 Å². The van der Waals surface area contributed by atoms with Crippen molar-refractivity contribution in [2.24, 2.45) is 0 Å². The molecule has 0 aliphatic heterocycles. The number of carbonyl (C=O) groups excluding carboxylic acids is 1. The van der Waals surface area contributed by atoms with Gasteiger partial charge in [-0.25, -0.2) is 0 Å². The number of aldehydes is 1. The highest BCUT2D eigenvalue weighted by Gasteiger charge is 2.06. The van der Waals surface area contributed by atoms with Crippen LogP contribution in [0.2, 0.25) is 0 Å². The molecule has 0 aromatic heterocycles. The number of carbonyl (C=O) groups is 1. The van der Waals surface area contributed by atoms with Crippen molar-refractivity contribution in [3.8, 4) is 0 Å². The van der Waals surface area contributed by atoms with Gasteiger partial charge in [0.05, 0.1) is 0 Å². The maximum atomic E-state index is 10.9. The Morgan fingerprint density at radius 3 is 2.53 bits per heavy atom. The van der Waals surface area contributed by atoms with Gasteiger partial charge in [0.25, 0.3) is 0 Å². The van der Waals surface area contributed by atoms with Crippen molar-refractivity contribution >= 4 is 6.29 Å². The fraction of sp³-hybridized carbons (Fsp3) is 0.500. The van der Waals surface area contributed by atoms with Gasteiger partial charge in [0.2, 0.25) is 0 Å². The van der Waals surface area contributed by atoms with Gasteiger partial charge in [0.15, 0.2) is 0 Å². The molecule has 1 heteroatoms. The maximum absolute atomic E-state index is 10.9. The number of hydrogen-bond acceptors (Lipinski definition) is 1. The van der Waals surface area contributed by atoms with Gasteiger partial charge in [0.1, 0.15) is 6.29 Å². The Labute approximate surface area is 92.5 Å². The third-order valence-corrected chi connectivity index (χ3v) is 2.74. The molecule has 0 N–H and O–H groups in total. The summed E-state index contributed by atoms with van der Waals surface area (Å²) in [6.45, 7) is 4.36. The van der Waals surface area contributed by atoms with Crippen LogP contribution >= 0.6 is 0 Å². The van der Waals surface area contributed by atoms with E-state index >= 15 is 0 Å². The summed E-state index contributed by atoms with van der Waals surface area (Å²) in [6, 6.07) is 6.07. The standard InChI is InChI=1S/C14H20O/c1-3-5-10-14-12(7-4-2)8-6-9-13(14)11-15/h6,8-9,11H,3-5,7,10H2,1-2H3. The average molecular weight is 204 g/mol. The Morgan fingerprint density at radius 1 is 1.13 bits per heavy atom. The fourth-order valence-electron chi connectivity index (χ4n) is 1.93. The van der Waals surface area contributed by atoms with E-state index in [-0.39, 0.29) is 0 Å². The van der Waals surface area contributed by atoms with E-state index in [1.165, 1.54) is 24.0 Å². The van der Waals surface area contributed by atoms with Crippen LogP contribution in [-0.4, -0.2) is 6.29 Å². The SMILES string of the molecule is CCCCc1c(C=O)cccc1CCC. The Bertz CT molecular complexity index is 315. The van der Waals surface area contributed by atoms with Gasteiger partial charge in [-0.05, 0) is 30.4 Å². The van der Waals surface area contributed by atoms with Crippen molar-refractivity contribution in [3.05, 3.63) is 34.9 Å². The Kier molecular flexibility index (Phi) is 5.09. The summed E-state index contributed by atoms with van der Waals surface area (Å²) in [5.74, 6) is 0. The number of benzene rings is 1. The second-order valence-electron chi connectivity index (χ2n) is 3.96. The van der Waals surface area contributed by atoms with Crippen LogP contribution in [0.25, 0.3) is 0 Å². The van der Waals surface area contributed by atoms with E-state index in [0.717, 1.165) is 31.1 Å². The molecular weight excluding hydrogens is 184 g/mol. The van der Waals surface area contributed by atoms with Crippen molar-refractivity contribution in [3.63, 3.8) is 0 Å². The molecule has 0 atom stereocenters. The van der Waals surface area contributed by atoms with E-state index in [9.17, 15) is 4.79 Å². The van der Waals surface area contributed by atoms with Gasteiger partial charge in [-0.3, -0.25) is 4.79 Å². The zero-order chi connectivity index (χ0) is 11.1. The van der Waals surface area contributed by atoms with E-state index in [4.69, 9.17) is 0 Å². The topological polar surface area (TPSA) is 17.1 Å². The normalized spacial score (nSPS) is 10.3. The molecule has 0 saturated heterocycles.